The fourth-order valence-corrected chi connectivity index (χ4v) is 2.94. The summed E-state index contributed by atoms with van der Waals surface area (Å²) in [5.74, 6) is 0.586. The van der Waals surface area contributed by atoms with Crippen molar-refractivity contribution in [1.82, 2.24) is 14.8 Å². The lowest BCUT2D eigenvalue weighted by Crippen LogP contribution is -2.34. The van der Waals surface area contributed by atoms with E-state index in [1.807, 2.05) is 6.07 Å². The molecule has 1 aliphatic heterocycles. The van der Waals surface area contributed by atoms with Gasteiger partial charge in [0.15, 0.2) is 5.78 Å². The summed E-state index contributed by atoms with van der Waals surface area (Å²) in [5, 5.41) is 13.2. The lowest BCUT2D eigenvalue weighted by atomic mass is 10.1. The minimum atomic E-state index is -0.294. The molecule has 2 aromatic rings. The quantitative estimate of drug-likeness (QED) is 0.817. The second-order valence-corrected chi connectivity index (χ2v) is 6.14. The van der Waals surface area contributed by atoms with E-state index in [-0.39, 0.29) is 24.3 Å². The van der Waals surface area contributed by atoms with Gasteiger partial charge in [0.25, 0.3) is 5.56 Å². The van der Waals surface area contributed by atoms with E-state index in [0.717, 1.165) is 31.7 Å². The van der Waals surface area contributed by atoms with Crippen LogP contribution in [0.25, 0.3) is 0 Å². The third-order valence-corrected chi connectivity index (χ3v) is 4.18. The fraction of sp³-hybridized carbons (Fsp3) is 0.389. The van der Waals surface area contributed by atoms with E-state index < -0.39 is 0 Å². The van der Waals surface area contributed by atoms with Crippen molar-refractivity contribution in [2.75, 3.05) is 18.0 Å². The number of ketones is 1. The van der Waals surface area contributed by atoms with Gasteiger partial charge >= 0.3 is 0 Å². The Balaban J connectivity index is 1.72. The number of rotatable bonds is 5. The third kappa shape index (κ3) is 4.29. The second-order valence-electron chi connectivity index (χ2n) is 6.14. The van der Waals surface area contributed by atoms with Crippen LogP contribution in [0.15, 0.2) is 35.4 Å². The summed E-state index contributed by atoms with van der Waals surface area (Å²) in [6, 6.07) is 6.80. The van der Waals surface area contributed by atoms with Crippen LogP contribution >= 0.6 is 0 Å². The molecule has 3 rings (SSSR count). The molecule has 0 saturated carbocycles. The van der Waals surface area contributed by atoms with Gasteiger partial charge in [0, 0.05) is 38.0 Å². The van der Waals surface area contributed by atoms with Crippen molar-refractivity contribution >= 4 is 11.6 Å². The molecule has 0 radical (unpaired) electrons. The third-order valence-electron chi connectivity index (χ3n) is 4.18. The second kappa shape index (κ2) is 7.71. The molecule has 1 fully saturated rings. The molecule has 1 aliphatic rings. The largest absolute Gasteiger partial charge is 0.355 e. The topological polar surface area (TPSA) is 91.9 Å². The highest BCUT2D eigenvalue weighted by Gasteiger charge is 2.14. The molecule has 0 atom stereocenters. The molecule has 0 N–H and O–H groups in total. The molecule has 7 nitrogen and oxygen atoms in total. The molecule has 7 heteroatoms. The van der Waals surface area contributed by atoms with Crippen molar-refractivity contribution in [2.45, 2.75) is 32.2 Å². The molecule has 3 heterocycles. The summed E-state index contributed by atoms with van der Waals surface area (Å²) in [6.07, 6.45) is 6.56. The van der Waals surface area contributed by atoms with Crippen molar-refractivity contribution in [1.29, 1.82) is 5.26 Å². The van der Waals surface area contributed by atoms with Gasteiger partial charge in [0.05, 0.1) is 5.56 Å². The van der Waals surface area contributed by atoms with Crippen LogP contribution in [0.5, 0.6) is 0 Å². The number of anilines is 1. The van der Waals surface area contributed by atoms with Crippen molar-refractivity contribution in [2.24, 2.45) is 0 Å². The van der Waals surface area contributed by atoms with E-state index in [1.54, 1.807) is 18.3 Å². The molecule has 0 unspecified atom stereocenters. The van der Waals surface area contributed by atoms with E-state index in [0.29, 0.717) is 11.1 Å². The molecule has 2 aromatic heterocycles. The zero-order chi connectivity index (χ0) is 17.6. The van der Waals surface area contributed by atoms with E-state index in [4.69, 9.17) is 5.26 Å². The molecule has 0 amide bonds. The van der Waals surface area contributed by atoms with Gasteiger partial charge in [0.2, 0.25) is 0 Å². The monoisotopic (exact) mass is 337 g/mol. The van der Waals surface area contributed by atoms with Crippen LogP contribution in [-0.2, 0) is 17.8 Å². The summed E-state index contributed by atoms with van der Waals surface area (Å²) in [6.45, 7) is 1.76. The summed E-state index contributed by atoms with van der Waals surface area (Å²) in [4.78, 5) is 30.4. The number of Topliss-reactive ketones (excluding diaryl/α,β-unsaturated/α-hetero) is 1. The Morgan fingerprint density at radius 2 is 2.00 bits per heavy atom. The molecular formula is C18H19N5O2. The highest BCUT2D eigenvalue weighted by molar-refractivity contribution is 5.80. The van der Waals surface area contributed by atoms with Gasteiger partial charge in [-0.2, -0.15) is 10.4 Å². The van der Waals surface area contributed by atoms with Crippen LogP contribution in [0.1, 0.15) is 30.4 Å². The predicted molar refractivity (Wildman–Crippen MR) is 92.2 cm³/mol. The number of hydrogen-bond donors (Lipinski definition) is 0. The highest BCUT2D eigenvalue weighted by Crippen LogP contribution is 2.15. The van der Waals surface area contributed by atoms with Crippen LogP contribution in [0.2, 0.25) is 0 Å². The number of hydrogen-bond acceptors (Lipinski definition) is 6. The fourth-order valence-electron chi connectivity index (χ4n) is 2.94. The van der Waals surface area contributed by atoms with Gasteiger partial charge in [0.1, 0.15) is 18.4 Å². The Bertz CT molecular complexity index is 862. The highest BCUT2D eigenvalue weighted by atomic mass is 16.1. The normalized spacial score (nSPS) is 14.1. The maximum atomic E-state index is 12.3. The van der Waals surface area contributed by atoms with Crippen LogP contribution in [-0.4, -0.2) is 33.6 Å². The predicted octanol–water partition coefficient (Wildman–Crippen LogP) is 1.31. The lowest BCUT2D eigenvalue weighted by Gasteiger charge is -2.27. The zero-order valence-corrected chi connectivity index (χ0v) is 13.9. The van der Waals surface area contributed by atoms with Crippen LogP contribution < -0.4 is 10.5 Å². The van der Waals surface area contributed by atoms with Gasteiger partial charge in [-0.05, 0) is 37.0 Å². The number of pyridine rings is 1. The molecule has 25 heavy (non-hydrogen) atoms. The number of nitriles is 1. The Morgan fingerprint density at radius 1 is 1.20 bits per heavy atom. The van der Waals surface area contributed by atoms with E-state index in [1.165, 1.54) is 23.4 Å². The first-order valence-corrected chi connectivity index (χ1v) is 8.34. The minimum Gasteiger partial charge on any atom is -0.355 e. The van der Waals surface area contributed by atoms with E-state index in [9.17, 15) is 9.59 Å². The van der Waals surface area contributed by atoms with E-state index in [2.05, 4.69) is 15.0 Å². The average Bonchev–Trinajstić information content (AvgIpc) is 2.64. The van der Waals surface area contributed by atoms with Gasteiger partial charge in [-0.1, -0.05) is 0 Å². The number of piperidine rings is 1. The summed E-state index contributed by atoms with van der Waals surface area (Å²) < 4.78 is 1.22. The number of carbonyl (C=O) groups is 1. The van der Waals surface area contributed by atoms with Crippen molar-refractivity contribution in [3.05, 3.63) is 52.1 Å². The number of aromatic nitrogens is 3. The SMILES string of the molecule is N#Cc1cncc(CC(=O)Cn2nc(N3CCCCC3)ccc2=O)c1. The molecule has 0 aliphatic carbocycles. The van der Waals surface area contributed by atoms with Gasteiger partial charge in [-0.25, -0.2) is 4.68 Å². The molecule has 0 spiro atoms. The average molecular weight is 337 g/mol. The van der Waals surface area contributed by atoms with Crippen molar-refractivity contribution in [3.63, 3.8) is 0 Å². The van der Waals surface area contributed by atoms with Gasteiger partial charge < -0.3 is 4.90 Å². The van der Waals surface area contributed by atoms with Crippen LogP contribution in [0.4, 0.5) is 5.82 Å². The van der Waals surface area contributed by atoms with Gasteiger partial charge in [-0.15, -0.1) is 0 Å². The molecule has 0 bridgehead atoms. The Labute approximate surface area is 145 Å². The summed E-state index contributed by atoms with van der Waals surface area (Å²) in [7, 11) is 0. The Hall–Kier alpha value is -3.01. The summed E-state index contributed by atoms with van der Waals surface area (Å²) >= 11 is 0. The molecular weight excluding hydrogens is 318 g/mol. The van der Waals surface area contributed by atoms with Crippen molar-refractivity contribution in [3.8, 4) is 6.07 Å². The first kappa shape index (κ1) is 16.8. The standard InChI is InChI=1S/C18H19N5O2/c19-10-15-8-14(11-20-12-15)9-16(24)13-23-18(25)5-4-17(21-23)22-6-2-1-3-7-22/h4-5,8,11-12H,1-3,6-7,9,13H2. The number of nitrogens with zero attached hydrogens (tertiary/aromatic N) is 5. The molecule has 128 valence electrons. The molecule has 1 saturated heterocycles. The Morgan fingerprint density at radius 3 is 2.76 bits per heavy atom. The number of carbonyl (C=O) groups excluding carboxylic acids is 1. The zero-order valence-electron chi connectivity index (χ0n) is 13.9. The smallest absolute Gasteiger partial charge is 0.267 e. The lowest BCUT2D eigenvalue weighted by molar-refractivity contribution is -0.119. The minimum absolute atomic E-state index is 0.0860. The Kier molecular flexibility index (Phi) is 5.19. The maximum Gasteiger partial charge on any atom is 0.267 e. The van der Waals surface area contributed by atoms with E-state index >= 15 is 0 Å². The van der Waals surface area contributed by atoms with Crippen molar-refractivity contribution < 1.29 is 4.79 Å². The van der Waals surface area contributed by atoms with Crippen LogP contribution in [0.3, 0.4) is 0 Å². The summed E-state index contributed by atoms with van der Waals surface area (Å²) in [5.41, 5.74) is 0.773. The molecule has 0 aromatic carbocycles. The van der Waals surface area contributed by atoms with Gasteiger partial charge in [-0.3, -0.25) is 14.6 Å². The van der Waals surface area contributed by atoms with Crippen LogP contribution in [0, 0.1) is 11.3 Å². The first-order chi connectivity index (χ1) is 12.2. The maximum absolute atomic E-state index is 12.3. The first-order valence-electron chi connectivity index (χ1n) is 8.34.